The fourth-order valence-corrected chi connectivity index (χ4v) is 2.91. The van der Waals surface area contributed by atoms with Gasteiger partial charge in [-0.1, -0.05) is 18.5 Å². The Morgan fingerprint density at radius 2 is 2.43 bits per heavy atom. The second-order valence-electron chi connectivity index (χ2n) is 3.96. The van der Waals surface area contributed by atoms with Crippen molar-refractivity contribution >= 4 is 28.1 Å². The number of thiazole rings is 1. The summed E-state index contributed by atoms with van der Waals surface area (Å²) in [5.74, 6) is 0.640. The number of hydrogen-bond acceptors (Lipinski definition) is 4. The largest absolute Gasteiger partial charge is 0.346 e. The lowest BCUT2D eigenvalue weighted by molar-refractivity contribution is 0.401. The van der Waals surface area contributed by atoms with Crippen molar-refractivity contribution in [2.45, 2.75) is 19.4 Å². The normalized spacial score (nSPS) is 28.1. The fraction of sp³-hybridized carbons (Fsp3) is 0.667. The lowest BCUT2D eigenvalue weighted by Crippen LogP contribution is -2.46. The van der Waals surface area contributed by atoms with E-state index in [0.717, 1.165) is 24.6 Å². The molecule has 0 bridgehead atoms. The van der Waals surface area contributed by atoms with Gasteiger partial charge in [-0.05, 0) is 12.3 Å². The second-order valence-corrected chi connectivity index (χ2v) is 5.18. The lowest BCUT2D eigenvalue weighted by atomic mass is 9.97. The average molecular weight is 232 g/mol. The van der Waals surface area contributed by atoms with E-state index in [9.17, 15) is 0 Å². The van der Waals surface area contributed by atoms with Gasteiger partial charge >= 0.3 is 0 Å². The summed E-state index contributed by atoms with van der Waals surface area (Å²) in [5.41, 5.74) is 5.96. The number of nitrogens with two attached hydrogens (primary N) is 1. The Kier molecular flexibility index (Phi) is 2.95. The standard InChI is InChI=1S/C9H14ClN3S/c1-6-2-7(11)4-13(3-6)9-12-8(10)5-14-9/h5-7H,2-4,11H2,1H3. The molecule has 1 fully saturated rings. The van der Waals surface area contributed by atoms with E-state index >= 15 is 0 Å². The third-order valence-corrected chi connectivity index (χ3v) is 3.65. The van der Waals surface area contributed by atoms with Gasteiger partial charge in [-0.2, -0.15) is 0 Å². The van der Waals surface area contributed by atoms with Gasteiger partial charge in [0, 0.05) is 24.5 Å². The summed E-state index contributed by atoms with van der Waals surface area (Å²) in [7, 11) is 0. The first-order valence-corrected chi connectivity index (χ1v) is 6.02. The van der Waals surface area contributed by atoms with E-state index in [1.165, 1.54) is 0 Å². The van der Waals surface area contributed by atoms with E-state index in [0.29, 0.717) is 11.1 Å². The van der Waals surface area contributed by atoms with Crippen molar-refractivity contribution in [1.29, 1.82) is 0 Å². The molecule has 0 aliphatic carbocycles. The molecule has 2 unspecified atom stereocenters. The van der Waals surface area contributed by atoms with Crippen molar-refractivity contribution in [3.8, 4) is 0 Å². The molecule has 0 aromatic carbocycles. The van der Waals surface area contributed by atoms with E-state index in [-0.39, 0.29) is 6.04 Å². The van der Waals surface area contributed by atoms with Crippen LogP contribution in [0, 0.1) is 5.92 Å². The zero-order chi connectivity index (χ0) is 10.1. The van der Waals surface area contributed by atoms with Crippen molar-refractivity contribution in [2.75, 3.05) is 18.0 Å². The molecule has 1 aromatic rings. The first-order valence-electron chi connectivity index (χ1n) is 4.76. The Morgan fingerprint density at radius 1 is 1.64 bits per heavy atom. The van der Waals surface area contributed by atoms with E-state index in [1.807, 2.05) is 5.38 Å². The van der Waals surface area contributed by atoms with Crippen LogP contribution in [0.3, 0.4) is 0 Å². The van der Waals surface area contributed by atoms with Crippen LogP contribution in [0.2, 0.25) is 5.15 Å². The van der Waals surface area contributed by atoms with Gasteiger partial charge in [0.1, 0.15) is 5.15 Å². The number of aromatic nitrogens is 1. The van der Waals surface area contributed by atoms with Crippen molar-refractivity contribution < 1.29 is 0 Å². The maximum atomic E-state index is 5.96. The summed E-state index contributed by atoms with van der Waals surface area (Å²) < 4.78 is 0. The number of hydrogen-bond donors (Lipinski definition) is 1. The minimum atomic E-state index is 0.265. The summed E-state index contributed by atoms with van der Waals surface area (Å²) >= 11 is 7.38. The third kappa shape index (κ3) is 2.19. The molecule has 2 heterocycles. The zero-order valence-electron chi connectivity index (χ0n) is 8.11. The zero-order valence-corrected chi connectivity index (χ0v) is 9.68. The fourth-order valence-electron chi connectivity index (χ4n) is 1.95. The van der Waals surface area contributed by atoms with Crippen molar-refractivity contribution in [3.63, 3.8) is 0 Å². The number of piperidine rings is 1. The number of anilines is 1. The molecule has 0 radical (unpaired) electrons. The van der Waals surface area contributed by atoms with Crippen LogP contribution in [0.15, 0.2) is 5.38 Å². The van der Waals surface area contributed by atoms with Gasteiger partial charge in [0.25, 0.3) is 0 Å². The maximum Gasteiger partial charge on any atom is 0.186 e. The second kappa shape index (κ2) is 4.04. The molecule has 1 saturated heterocycles. The van der Waals surface area contributed by atoms with E-state index < -0.39 is 0 Å². The molecule has 2 atom stereocenters. The van der Waals surface area contributed by atoms with Gasteiger partial charge < -0.3 is 10.6 Å². The Balaban J connectivity index is 2.10. The summed E-state index contributed by atoms with van der Waals surface area (Å²) in [6.07, 6.45) is 1.11. The predicted octanol–water partition coefficient (Wildman–Crippen LogP) is 1.97. The van der Waals surface area contributed by atoms with Crippen LogP contribution >= 0.6 is 22.9 Å². The van der Waals surface area contributed by atoms with Crippen LogP contribution in [0.1, 0.15) is 13.3 Å². The van der Waals surface area contributed by atoms with Gasteiger partial charge in [-0.25, -0.2) is 4.98 Å². The Hall–Kier alpha value is -0.320. The molecule has 3 nitrogen and oxygen atoms in total. The highest BCUT2D eigenvalue weighted by Crippen LogP contribution is 2.27. The minimum absolute atomic E-state index is 0.265. The summed E-state index contributed by atoms with van der Waals surface area (Å²) in [4.78, 5) is 6.49. The van der Waals surface area contributed by atoms with Crippen molar-refractivity contribution in [3.05, 3.63) is 10.5 Å². The smallest absolute Gasteiger partial charge is 0.186 e. The van der Waals surface area contributed by atoms with Crippen molar-refractivity contribution in [2.24, 2.45) is 11.7 Å². The molecule has 2 N–H and O–H groups in total. The highest BCUT2D eigenvalue weighted by molar-refractivity contribution is 7.14. The maximum absolute atomic E-state index is 5.96. The SMILES string of the molecule is CC1CC(N)CN(c2nc(Cl)cs2)C1. The van der Waals surface area contributed by atoms with Crippen LogP contribution in [-0.4, -0.2) is 24.1 Å². The van der Waals surface area contributed by atoms with Gasteiger partial charge in [0.15, 0.2) is 5.13 Å². The average Bonchev–Trinajstić information content (AvgIpc) is 2.50. The predicted molar refractivity (Wildman–Crippen MR) is 61.1 cm³/mol. The molecule has 1 aliphatic heterocycles. The van der Waals surface area contributed by atoms with Crippen LogP contribution in [0.4, 0.5) is 5.13 Å². The minimum Gasteiger partial charge on any atom is -0.346 e. The monoisotopic (exact) mass is 231 g/mol. The van der Waals surface area contributed by atoms with Gasteiger partial charge in [0.2, 0.25) is 0 Å². The van der Waals surface area contributed by atoms with E-state index in [1.54, 1.807) is 11.3 Å². The third-order valence-electron chi connectivity index (χ3n) is 2.43. The first-order chi connectivity index (χ1) is 6.65. The van der Waals surface area contributed by atoms with Gasteiger partial charge in [0.05, 0.1) is 0 Å². The van der Waals surface area contributed by atoms with E-state index in [4.69, 9.17) is 17.3 Å². The van der Waals surface area contributed by atoms with Crippen LogP contribution in [0.5, 0.6) is 0 Å². The van der Waals surface area contributed by atoms with Crippen molar-refractivity contribution in [1.82, 2.24) is 4.98 Å². The first kappa shape index (κ1) is 10.2. The highest BCUT2D eigenvalue weighted by atomic mass is 35.5. The molecule has 0 amide bonds. The number of halogens is 1. The molecule has 14 heavy (non-hydrogen) atoms. The number of rotatable bonds is 1. The van der Waals surface area contributed by atoms with Crippen LogP contribution in [-0.2, 0) is 0 Å². The molecule has 0 saturated carbocycles. The molecule has 0 spiro atoms. The molecule has 1 aliphatic rings. The van der Waals surface area contributed by atoms with Gasteiger partial charge in [-0.15, -0.1) is 11.3 Å². The van der Waals surface area contributed by atoms with Crippen LogP contribution < -0.4 is 10.6 Å². The topological polar surface area (TPSA) is 42.1 Å². The Labute approximate surface area is 92.9 Å². The molecule has 2 rings (SSSR count). The summed E-state index contributed by atoms with van der Waals surface area (Å²) in [6, 6.07) is 0.265. The van der Waals surface area contributed by atoms with E-state index in [2.05, 4.69) is 16.8 Å². The lowest BCUT2D eigenvalue weighted by Gasteiger charge is -2.34. The summed E-state index contributed by atoms with van der Waals surface area (Å²) in [5, 5.41) is 3.44. The molecule has 78 valence electrons. The van der Waals surface area contributed by atoms with Gasteiger partial charge in [-0.3, -0.25) is 0 Å². The molecule has 1 aromatic heterocycles. The summed E-state index contributed by atoms with van der Waals surface area (Å²) in [6.45, 7) is 4.16. The highest BCUT2D eigenvalue weighted by Gasteiger charge is 2.23. The molecular formula is C9H14ClN3S. The quantitative estimate of drug-likeness (QED) is 0.804. The van der Waals surface area contributed by atoms with Crippen LogP contribution in [0.25, 0.3) is 0 Å². The molecular weight excluding hydrogens is 218 g/mol. The Bertz CT molecular complexity index is 305. The molecule has 5 heteroatoms. The number of nitrogens with zero attached hydrogens (tertiary/aromatic N) is 2. The Morgan fingerprint density at radius 3 is 3.00 bits per heavy atom.